The zero-order chi connectivity index (χ0) is 18.0. The van der Waals surface area contributed by atoms with Crippen molar-refractivity contribution in [3.63, 3.8) is 0 Å². The van der Waals surface area contributed by atoms with Gasteiger partial charge in [0.15, 0.2) is 0 Å². The fraction of sp³-hybridized carbons (Fsp3) is 0.938. The molecule has 4 atom stereocenters. The van der Waals surface area contributed by atoms with Gasteiger partial charge in [-0.2, -0.15) is 0 Å². The van der Waals surface area contributed by atoms with Crippen LogP contribution in [0.25, 0.3) is 0 Å². The van der Waals surface area contributed by atoms with Crippen molar-refractivity contribution in [2.75, 3.05) is 26.3 Å². The summed E-state index contributed by atoms with van der Waals surface area (Å²) >= 11 is 0. The maximum atomic E-state index is 12.8. The van der Waals surface area contributed by atoms with Crippen LogP contribution < -0.4 is 5.32 Å². The van der Waals surface area contributed by atoms with Gasteiger partial charge in [-0.15, -0.1) is 0 Å². The van der Waals surface area contributed by atoms with Crippen LogP contribution in [0.15, 0.2) is 0 Å². The Morgan fingerprint density at radius 3 is 2.00 bits per heavy atom. The highest BCUT2D eigenvalue weighted by molar-refractivity contribution is 5.72. The van der Waals surface area contributed by atoms with Crippen molar-refractivity contribution in [1.29, 1.82) is 0 Å². The number of rotatable bonds is 3. The molecule has 0 aliphatic carbocycles. The van der Waals surface area contributed by atoms with Crippen LogP contribution in [0.1, 0.15) is 40.5 Å². The molecule has 0 aromatic carbocycles. The van der Waals surface area contributed by atoms with E-state index < -0.39 is 12.3 Å². The van der Waals surface area contributed by atoms with Crippen LogP contribution in [-0.2, 0) is 4.79 Å². The van der Waals surface area contributed by atoms with Gasteiger partial charge in [-0.1, -0.05) is 0 Å². The van der Waals surface area contributed by atoms with Gasteiger partial charge in [0.05, 0.1) is 13.2 Å². The van der Waals surface area contributed by atoms with Crippen molar-refractivity contribution in [1.82, 2.24) is 10.2 Å². The maximum absolute atomic E-state index is 12.8. The standard InChI is InChI=1S/C8H16FNO.C5H10FNO.C3H6O/c1-6(2)10-4-7(9)3-8(10)5-11;6-4-1-5(3-8)7-2-4;1-3(2)4/h6-8,11H,3-5H2,1-2H3;4-5,7-8H,1-3H2;1-2H3/t7-,8+;4-,5+;/m11./s1. The lowest BCUT2D eigenvalue weighted by Crippen LogP contribution is -2.37. The maximum Gasteiger partial charge on any atom is 0.126 e. The molecule has 0 radical (unpaired) electrons. The second kappa shape index (κ2) is 11.8. The van der Waals surface area contributed by atoms with Gasteiger partial charge in [0.2, 0.25) is 0 Å². The number of carbonyl (C=O) groups is 1. The number of Topliss-reactive ketones (excluding diaryl/α,β-unsaturated/α-hetero) is 1. The van der Waals surface area contributed by atoms with E-state index in [1.54, 1.807) is 0 Å². The van der Waals surface area contributed by atoms with Crippen LogP contribution >= 0.6 is 0 Å². The molecule has 0 bridgehead atoms. The Morgan fingerprint density at radius 1 is 1.17 bits per heavy atom. The van der Waals surface area contributed by atoms with E-state index in [1.165, 1.54) is 13.8 Å². The minimum Gasteiger partial charge on any atom is -0.395 e. The Balaban J connectivity index is 0.000000354. The number of carbonyl (C=O) groups excluding carboxylic acids is 1. The highest BCUT2D eigenvalue weighted by Gasteiger charge is 2.32. The largest absolute Gasteiger partial charge is 0.395 e. The van der Waals surface area contributed by atoms with E-state index in [9.17, 15) is 13.6 Å². The van der Waals surface area contributed by atoms with E-state index in [2.05, 4.69) is 5.32 Å². The molecule has 2 rings (SSSR count). The minimum atomic E-state index is -0.743. The SMILES string of the molecule is CC(C)=O.CC(C)N1C[C@H](F)C[C@H]1CO.OC[C@@H]1C[C@@H](F)CN1. The van der Waals surface area contributed by atoms with Crippen molar-refractivity contribution in [2.24, 2.45) is 0 Å². The summed E-state index contributed by atoms with van der Waals surface area (Å²) in [5.74, 6) is 0.167. The van der Waals surface area contributed by atoms with Crippen LogP contribution in [0.3, 0.4) is 0 Å². The molecular formula is C16H32F2N2O3. The third-order valence-corrected chi connectivity index (χ3v) is 3.67. The summed E-state index contributed by atoms with van der Waals surface area (Å²) in [6.07, 6.45) is -0.521. The molecule has 0 aromatic heterocycles. The molecule has 2 fully saturated rings. The number of hydrogen-bond acceptors (Lipinski definition) is 5. The van der Waals surface area contributed by atoms with Crippen LogP contribution in [0.5, 0.6) is 0 Å². The van der Waals surface area contributed by atoms with Gasteiger partial charge in [0.1, 0.15) is 18.1 Å². The molecule has 2 saturated heterocycles. The van der Waals surface area contributed by atoms with Crippen molar-refractivity contribution in [3.05, 3.63) is 0 Å². The summed E-state index contributed by atoms with van der Waals surface area (Å²) in [6.45, 7) is 8.15. The first-order chi connectivity index (χ1) is 10.7. The van der Waals surface area contributed by atoms with Gasteiger partial charge in [-0.3, -0.25) is 4.90 Å². The predicted molar refractivity (Wildman–Crippen MR) is 87.0 cm³/mol. The minimum absolute atomic E-state index is 0.00463. The van der Waals surface area contributed by atoms with E-state index in [-0.39, 0.29) is 31.1 Å². The van der Waals surface area contributed by atoms with Gasteiger partial charge in [0.25, 0.3) is 0 Å². The molecule has 2 aliphatic heterocycles. The molecule has 5 nitrogen and oxygen atoms in total. The average molecular weight is 338 g/mol. The Bertz CT molecular complexity index is 328. The normalized spacial score (nSPS) is 30.5. The van der Waals surface area contributed by atoms with Gasteiger partial charge < -0.3 is 20.3 Å². The summed E-state index contributed by atoms with van der Waals surface area (Å²) in [6, 6.07) is 0.392. The summed E-state index contributed by atoms with van der Waals surface area (Å²) in [5.41, 5.74) is 0. The lowest BCUT2D eigenvalue weighted by molar-refractivity contribution is -0.114. The zero-order valence-electron chi connectivity index (χ0n) is 14.6. The molecule has 23 heavy (non-hydrogen) atoms. The van der Waals surface area contributed by atoms with E-state index in [4.69, 9.17) is 10.2 Å². The molecular weight excluding hydrogens is 306 g/mol. The summed E-state index contributed by atoms with van der Waals surface area (Å²) in [7, 11) is 0. The van der Waals surface area contributed by atoms with Crippen LogP contribution in [0.2, 0.25) is 0 Å². The van der Waals surface area contributed by atoms with Crippen LogP contribution in [0, 0.1) is 0 Å². The van der Waals surface area contributed by atoms with E-state index in [0.717, 1.165) is 0 Å². The number of aliphatic hydroxyl groups is 2. The number of halogens is 2. The average Bonchev–Trinajstić information content (AvgIpc) is 3.04. The Kier molecular flexibility index (Phi) is 11.5. The van der Waals surface area contributed by atoms with Crippen molar-refractivity contribution in [3.8, 4) is 0 Å². The van der Waals surface area contributed by atoms with E-state index in [0.29, 0.717) is 32.0 Å². The molecule has 0 aromatic rings. The fourth-order valence-corrected chi connectivity index (χ4v) is 2.60. The second-order valence-electron chi connectivity index (χ2n) is 6.49. The first-order valence-electron chi connectivity index (χ1n) is 8.17. The molecule has 0 saturated carbocycles. The smallest absolute Gasteiger partial charge is 0.126 e. The Hall–Kier alpha value is -0.630. The first kappa shape index (κ1) is 22.4. The lowest BCUT2D eigenvalue weighted by atomic mass is 10.2. The van der Waals surface area contributed by atoms with Crippen molar-refractivity contribution < 1.29 is 23.8 Å². The molecule has 2 heterocycles. The van der Waals surface area contributed by atoms with Crippen LogP contribution in [-0.4, -0.2) is 77.7 Å². The molecule has 138 valence electrons. The van der Waals surface area contributed by atoms with Gasteiger partial charge in [-0.05, 0) is 40.5 Å². The Morgan fingerprint density at radius 2 is 1.74 bits per heavy atom. The highest BCUT2D eigenvalue weighted by atomic mass is 19.1. The number of hydrogen-bond donors (Lipinski definition) is 3. The van der Waals surface area contributed by atoms with Gasteiger partial charge in [0, 0.05) is 31.2 Å². The number of likely N-dealkylation sites (tertiary alicyclic amines) is 1. The number of alkyl halides is 2. The number of aliphatic hydroxyl groups excluding tert-OH is 2. The summed E-state index contributed by atoms with van der Waals surface area (Å²) < 4.78 is 25.0. The van der Waals surface area contributed by atoms with Gasteiger partial charge in [-0.25, -0.2) is 8.78 Å². The molecule has 0 unspecified atom stereocenters. The molecule has 7 heteroatoms. The van der Waals surface area contributed by atoms with Crippen molar-refractivity contribution in [2.45, 2.75) is 71.0 Å². The number of nitrogens with zero attached hydrogens (tertiary/aromatic N) is 1. The van der Waals surface area contributed by atoms with Crippen molar-refractivity contribution >= 4 is 5.78 Å². The van der Waals surface area contributed by atoms with Crippen LogP contribution in [0.4, 0.5) is 8.78 Å². The predicted octanol–water partition coefficient (Wildman–Crippen LogP) is 1.07. The van der Waals surface area contributed by atoms with E-state index in [1.807, 2.05) is 18.7 Å². The lowest BCUT2D eigenvalue weighted by Gasteiger charge is -2.26. The third-order valence-electron chi connectivity index (χ3n) is 3.67. The van der Waals surface area contributed by atoms with E-state index >= 15 is 0 Å². The fourth-order valence-electron chi connectivity index (χ4n) is 2.60. The van der Waals surface area contributed by atoms with Gasteiger partial charge >= 0.3 is 0 Å². The molecule has 3 N–H and O–H groups in total. The second-order valence-corrected chi connectivity index (χ2v) is 6.49. The number of ketones is 1. The monoisotopic (exact) mass is 338 g/mol. The zero-order valence-corrected chi connectivity index (χ0v) is 14.6. The summed E-state index contributed by atoms with van der Waals surface area (Å²) in [5, 5.41) is 20.2. The molecule has 0 spiro atoms. The molecule has 0 amide bonds. The third kappa shape index (κ3) is 9.96. The quantitative estimate of drug-likeness (QED) is 0.718. The number of nitrogens with one attached hydrogen (secondary N) is 1. The first-order valence-corrected chi connectivity index (χ1v) is 8.17. The highest BCUT2D eigenvalue weighted by Crippen LogP contribution is 2.21. The molecule has 2 aliphatic rings. The topological polar surface area (TPSA) is 72.8 Å². The Labute approximate surface area is 138 Å². The summed E-state index contributed by atoms with van der Waals surface area (Å²) in [4.78, 5) is 11.5.